The molecule has 2 rings (SSSR count). The Morgan fingerprint density at radius 1 is 1.50 bits per heavy atom. The Hall–Kier alpha value is -0.940. The molecule has 18 heavy (non-hydrogen) atoms. The summed E-state index contributed by atoms with van der Waals surface area (Å²) >= 11 is 3.39. The third-order valence-corrected chi connectivity index (χ3v) is 4.03. The number of piperidine rings is 1. The van der Waals surface area contributed by atoms with Gasteiger partial charge in [-0.3, -0.25) is 4.79 Å². The quantitative estimate of drug-likeness (QED) is 0.901. The molecule has 2 unspecified atom stereocenters. The van der Waals surface area contributed by atoms with Crippen molar-refractivity contribution in [2.45, 2.75) is 37.8 Å². The molecule has 0 spiro atoms. The molecule has 0 amide bonds. The number of rotatable bonds is 3. The van der Waals surface area contributed by atoms with Crippen LogP contribution in [0.5, 0.6) is 0 Å². The van der Waals surface area contributed by atoms with E-state index in [2.05, 4.69) is 21.2 Å². The van der Waals surface area contributed by atoms with Gasteiger partial charge in [0.05, 0.1) is 0 Å². The Bertz CT molecular complexity index is 453. The number of nitrogens with one attached hydrogen (secondary N) is 1. The van der Waals surface area contributed by atoms with Crippen LogP contribution in [0.1, 0.15) is 24.8 Å². The number of carboxylic acid groups (broad SMARTS) is 1. The van der Waals surface area contributed by atoms with Crippen LogP contribution in [0, 0.1) is 5.82 Å². The third kappa shape index (κ3) is 3.29. The Balaban J connectivity index is 2.04. The van der Waals surface area contributed by atoms with Crippen molar-refractivity contribution in [3.05, 3.63) is 34.1 Å². The minimum atomic E-state index is -0.807. The number of hydrogen-bond acceptors (Lipinski definition) is 2. The van der Waals surface area contributed by atoms with Crippen molar-refractivity contribution in [2.75, 3.05) is 0 Å². The lowest BCUT2D eigenvalue weighted by molar-refractivity contribution is -0.140. The van der Waals surface area contributed by atoms with Gasteiger partial charge in [0.25, 0.3) is 0 Å². The second kappa shape index (κ2) is 5.80. The number of halogens is 2. The van der Waals surface area contributed by atoms with E-state index in [0.717, 1.165) is 22.9 Å². The van der Waals surface area contributed by atoms with Crippen LogP contribution < -0.4 is 5.32 Å². The SMILES string of the molecule is O=C(O)C1CCCC(Cc2cc(F)ccc2Br)N1. The fourth-order valence-electron chi connectivity index (χ4n) is 2.34. The van der Waals surface area contributed by atoms with E-state index in [1.807, 2.05) is 0 Å². The van der Waals surface area contributed by atoms with Gasteiger partial charge in [0.2, 0.25) is 0 Å². The first-order chi connectivity index (χ1) is 8.56. The van der Waals surface area contributed by atoms with Gasteiger partial charge >= 0.3 is 5.97 Å². The summed E-state index contributed by atoms with van der Waals surface area (Å²) in [4.78, 5) is 10.9. The van der Waals surface area contributed by atoms with Gasteiger partial charge in [0, 0.05) is 10.5 Å². The average molecular weight is 316 g/mol. The van der Waals surface area contributed by atoms with Crippen molar-refractivity contribution in [1.29, 1.82) is 0 Å². The first-order valence-corrected chi connectivity index (χ1v) is 6.78. The zero-order valence-electron chi connectivity index (χ0n) is 9.83. The van der Waals surface area contributed by atoms with Crippen molar-refractivity contribution in [3.8, 4) is 0 Å². The fraction of sp³-hybridized carbons (Fsp3) is 0.462. The molecule has 0 saturated carbocycles. The predicted octanol–water partition coefficient (Wildman–Crippen LogP) is 2.73. The van der Waals surface area contributed by atoms with E-state index < -0.39 is 12.0 Å². The monoisotopic (exact) mass is 315 g/mol. The maximum Gasteiger partial charge on any atom is 0.320 e. The standard InChI is InChI=1S/C13H15BrFNO2/c14-11-5-4-9(15)6-8(11)7-10-2-1-3-12(16-10)13(17)18/h4-6,10,12,16H,1-3,7H2,(H,17,18). The summed E-state index contributed by atoms with van der Waals surface area (Å²) in [6, 6.07) is 4.20. The lowest BCUT2D eigenvalue weighted by Gasteiger charge is -2.28. The first-order valence-electron chi connectivity index (χ1n) is 5.99. The molecule has 5 heteroatoms. The molecule has 1 heterocycles. The summed E-state index contributed by atoms with van der Waals surface area (Å²) in [6.07, 6.45) is 3.12. The van der Waals surface area contributed by atoms with Gasteiger partial charge in [-0.1, -0.05) is 15.9 Å². The maximum absolute atomic E-state index is 13.2. The van der Waals surface area contributed by atoms with Gasteiger partial charge in [-0.2, -0.15) is 0 Å². The van der Waals surface area contributed by atoms with Gasteiger partial charge in [0.1, 0.15) is 11.9 Å². The molecule has 0 bridgehead atoms. The molecule has 0 aliphatic carbocycles. The number of benzene rings is 1. The molecule has 0 radical (unpaired) electrons. The van der Waals surface area contributed by atoms with Gasteiger partial charge in [-0.25, -0.2) is 4.39 Å². The highest BCUT2D eigenvalue weighted by Crippen LogP contribution is 2.22. The van der Waals surface area contributed by atoms with Crippen LogP contribution in [-0.4, -0.2) is 23.2 Å². The molecule has 0 aromatic heterocycles. The molecular formula is C13H15BrFNO2. The van der Waals surface area contributed by atoms with Crippen molar-refractivity contribution in [2.24, 2.45) is 0 Å². The topological polar surface area (TPSA) is 49.3 Å². The smallest absolute Gasteiger partial charge is 0.320 e. The Morgan fingerprint density at radius 3 is 3.00 bits per heavy atom. The number of carboxylic acids is 1. The largest absolute Gasteiger partial charge is 0.480 e. The van der Waals surface area contributed by atoms with Crippen molar-refractivity contribution >= 4 is 21.9 Å². The van der Waals surface area contributed by atoms with Crippen LogP contribution in [0.15, 0.2) is 22.7 Å². The summed E-state index contributed by atoms with van der Waals surface area (Å²) in [5.41, 5.74) is 0.874. The molecular weight excluding hydrogens is 301 g/mol. The molecule has 2 atom stereocenters. The molecule has 98 valence electrons. The second-order valence-corrected chi connectivity index (χ2v) is 5.48. The van der Waals surface area contributed by atoms with Gasteiger partial charge < -0.3 is 10.4 Å². The van der Waals surface area contributed by atoms with Crippen LogP contribution >= 0.6 is 15.9 Å². The van der Waals surface area contributed by atoms with Crippen LogP contribution in [0.4, 0.5) is 4.39 Å². The maximum atomic E-state index is 13.2. The minimum absolute atomic E-state index is 0.0953. The van der Waals surface area contributed by atoms with Crippen molar-refractivity contribution in [3.63, 3.8) is 0 Å². The van der Waals surface area contributed by atoms with E-state index in [1.54, 1.807) is 6.07 Å². The van der Waals surface area contributed by atoms with Gasteiger partial charge in [-0.15, -0.1) is 0 Å². The van der Waals surface area contributed by atoms with E-state index in [-0.39, 0.29) is 11.9 Å². The zero-order chi connectivity index (χ0) is 13.1. The predicted molar refractivity (Wildman–Crippen MR) is 70.0 cm³/mol. The molecule has 1 aromatic rings. The summed E-state index contributed by atoms with van der Waals surface area (Å²) < 4.78 is 14.0. The number of carbonyl (C=O) groups is 1. The zero-order valence-corrected chi connectivity index (χ0v) is 11.4. The van der Waals surface area contributed by atoms with E-state index in [9.17, 15) is 9.18 Å². The third-order valence-electron chi connectivity index (χ3n) is 3.25. The summed E-state index contributed by atoms with van der Waals surface area (Å²) in [5.74, 6) is -1.07. The van der Waals surface area contributed by atoms with Crippen molar-refractivity contribution in [1.82, 2.24) is 5.32 Å². The average Bonchev–Trinajstić information content (AvgIpc) is 2.34. The Morgan fingerprint density at radius 2 is 2.28 bits per heavy atom. The minimum Gasteiger partial charge on any atom is -0.480 e. The van der Waals surface area contributed by atoms with Gasteiger partial charge in [-0.05, 0) is 49.4 Å². The summed E-state index contributed by atoms with van der Waals surface area (Å²) in [5, 5.41) is 12.1. The molecule has 1 aromatic carbocycles. The van der Waals surface area contributed by atoms with Crippen LogP contribution in [-0.2, 0) is 11.2 Å². The van der Waals surface area contributed by atoms with Crippen LogP contribution in [0.3, 0.4) is 0 Å². The van der Waals surface area contributed by atoms with Crippen LogP contribution in [0.25, 0.3) is 0 Å². The molecule has 1 aliphatic rings. The van der Waals surface area contributed by atoms with E-state index in [0.29, 0.717) is 12.8 Å². The van der Waals surface area contributed by atoms with E-state index in [1.165, 1.54) is 12.1 Å². The van der Waals surface area contributed by atoms with E-state index in [4.69, 9.17) is 5.11 Å². The molecule has 1 saturated heterocycles. The Kier molecular flexibility index (Phi) is 4.35. The normalized spacial score (nSPS) is 23.9. The molecule has 1 fully saturated rings. The highest BCUT2D eigenvalue weighted by molar-refractivity contribution is 9.10. The lowest BCUT2D eigenvalue weighted by Crippen LogP contribution is -2.47. The number of hydrogen-bond donors (Lipinski definition) is 2. The van der Waals surface area contributed by atoms with Gasteiger partial charge in [0.15, 0.2) is 0 Å². The van der Waals surface area contributed by atoms with E-state index >= 15 is 0 Å². The van der Waals surface area contributed by atoms with Crippen molar-refractivity contribution < 1.29 is 14.3 Å². The Labute approximate surface area is 114 Å². The molecule has 2 N–H and O–H groups in total. The summed E-state index contributed by atoms with van der Waals surface area (Å²) in [7, 11) is 0. The fourth-order valence-corrected chi connectivity index (χ4v) is 2.75. The first kappa shape index (κ1) is 13.5. The molecule has 1 aliphatic heterocycles. The highest BCUT2D eigenvalue weighted by atomic mass is 79.9. The highest BCUT2D eigenvalue weighted by Gasteiger charge is 2.26. The lowest BCUT2D eigenvalue weighted by atomic mass is 9.94. The molecule has 3 nitrogen and oxygen atoms in total. The second-order valence-electron chi connectivity index (χ2n) is 4.63. The summed E-state index contributed by atoms with van der Waals surface area (Å²) in [6.45, 7) is 0. The van der Waals surface area contributed by atoms with Crippen LogP contribution in [0.2, 0.25) is 0 Å². The number of aliphatic carboxylic acids is 1.